The van der Waals surface area contributed by atoms with Gasteiger partial charge in [0.1, 0.15) is 5.82 Å². The Morgan fingerprint density at radius 3 is 2.56 bits per heavy atom. The Hall–Kier alpha value is -1.71. The van der Waals surface area contributed by atoms with Crippen LogP contribution in [0.15, 0.2) is 53.9 Å². The van der Waals surface area contributed by atoms with Crippen molar-refractivity contribution in [2.45, 2.75) is 6.04 Å². The standard InChI is InChI=1S/C15H12FNS/c16-13-7-2-1-5-11(13)14(17)12-6-3-4-10-8-9-18-15(10)12/h1-9,14H,17H2. The molecule has 1 heterocycles. The number of hydrogen-bond donors (Lipinski definition) is 1. The third-order valence-electron chi connectivity index (χ3n) is 3.08. The minimum Gasteiger partial charge on any atom is -0.320 e. The lowest BCUT2D eigenvalue weighted by Crippen LogP contribution is -2.13. The molecule has 18 heavy (non-hydrogen) atoms. The lowest BCUT2D eigenvalue weighted by Gasteiger charge is -2.14. The lowest BCUT2D eigenvalue weighted by atomic mass is 9.98. The van der Waals surface area contributed by atoms with E-state index in [0.717, 1.165) is 15.6 Å². The second-order valence-corrected chi connectivity index (χ2v) is 5.10. The van der Waals surface area contributed by atoms with E-state index in [1.165, 1.54) is 6.07 Å². The molecule has 0 radical (unpaired) electrons. The number of hydrogen-bond acceptors (Lipinski definition) is 2. The summed E-state index contributed by atoms with van der Waals surface area (Å²) in [6, 6.07) is 14.3. The zero-order chi connectivity index (χ0) is 12.5. The van der Waals surface area contributed by atoms with E-state index in [4.69, 9.17) is 5.73 Å². The highest BCUT2D eigenvalue weighted by molar-refractivity contribution is 7.17. The third-order valence-corrected chi connectivity index (χ3v) is 4.06. The first-order chi connectivity index (χ1) is 8.77. The zero-order valence-electron chi connectivity index (χ0n) is 9.64. The Balaban J connectivity index is 2.15. The molecule has 3 aromatic rings. The van der Waals surface area contributed by atoms with Gasteiger partial charge in [-0.3, -0.25) is 0 Å². The Morgan fingerprint density at radius 2 is 1.72 bits per heavy atom. The van der Waals surface area contributed by atoms with E-state index >= 15 is 0 Å². The van der Waals surface area contributed by atoms with E-state index in [1.807, 2.05) is 29.6 Å². The normalized spacial score (nSPS) is 12.8. The van der Waals surface area contributed by atoms with Gasteiger partial charge in [0.25, 0.3) is 0 Å². The molecule has 3 heteroatoms. The Labute approximate surface area is 109 Å². The van der Waals surface area contributed by atoms with Gasteiger partial charge in [0.05, 0.1) is 6.04 Å². The molecule has 90 valence electrons. The third kappa shape index (κ3) is 1.82. The summed E-state index contributed by atoms with van der Waals surface area (Å²) in [5, 5.41) is 3.19. The van der Waals surface area contributed by atoms with Gasteiger partial charge in [0, 0.05) is 10.3 Å². The number of fused-ring (bicyclic) bond motifs is 1. The van der Waals surface area contributed by atoms with Gasteiger partial charge in [-0.2, -0.15) is 0 Å². The van der Waals surface area contributed by atoms with Gasteiger partial charge in [-0.1, -0.05) is 36.4 Å². The SMILES string of the molecule is NC(c1ccccc1F)c1cccc2ccsc12. The van der Waals surface area contributed by atoms with Gasteiger partial charge in [-0.05, 0) is 28.5 Å². The molecule has 1 atom stereocenters. The highest BCUT2D eigenvalue weighted by Gasteiger charge is 2.15. The fraction of sp³-hybridized carbons (Fsp3) is 0.0667. The van der Waals surface area contributed by atoms with Crippen molar-refractivity contribution in [3.05, 3.63) is 70.9 Å². The Kier molecular flexibility index (Phi) is 2.86. The fourth-order valence-corrected chi connectivity index (χ4v) is 3.11. The maximum atomic E-state index is 13.8. The van der Waals surface area contributed by atoms with Gasteiger partial charge in [-0.25, -0.2) is 4.39 Å². The van der Waals surface area contributed by atoms with Crippen molar-refractivity contribution in [3.63, 3.8) is 0 Å². The van der Waals surface area contributed by atoms with Crippen molar-refractivity contribution >= 4 is 21.4 Å². The summed E-state index contributed by atoms with van der Waals surface area (Å²) in [6.45, 7) is 0. The zero-order valence-corrected chi connectivity index (χ0v) is 10.5. The molecule has 0 amide bonds. The highest BCUT2D eigenvalue weighted by Crippen LogP contribution is 2.31. The van der Waals surface area contributed by atoms with Crippen molar-refractivity contribution in [1.29, 1.82) is 0 Å². The van der Waals surface area contributed by atoms with Crippen LogP contribution in [0.25, 0.3) is 10.1 Å². The second kappa shape index (κ2) is 4.52. The molecule has 0 saturated heterocycles. The number of nitrogens with two attached hydrogens (primary N) is 1. The average Bonchev–Trinajstić information content (AvgIpc) is 2.86. The number of benzene rings is 2. The summed E-state index contributed by atoms with van der Waals surface area (Å²) in [6.07, 6.45) is 0. The van der Waals surface area contributed by atoms with Crippen LogP contribution < -0.4 is 5.73 Å². The maximum absolute atomic E-state index is 13.8. The van der Waals surface area contributed by atoms with E-state index in [-0.39, 0.29) is 5.82 Å². The van der Waals surface area contributed by atoms with E-state index in [9.17, 15) is 4.39 Å². The van der Waals surface area contributed by atoms with Crippen LogP contribution in [0.3, 0.4) is 0 Å². The molecule has 0 spiro atoms. The predicted molar refractivity (Wildman–Crippen MR) is 74.3 cm³/mol. The number of halogens is 1. The van der Waals surface area contributed by atoms with Crippen LogP contribution in [0, 0.1) is 5.82 Å². The molecule has 1 nitrogen and oxygen atoms in total. The molecule has 0 fully saturated rings. The van der Waals surface area contributed by atoms with Crippen molar-refractivity contribution in [3.8, 4) is 0 Å². The first-order valence-electron chi connectivity index (χ1n) is 5.73. The molecular formula is C15H12FNS. The highest BCUT2D eigenvalue weighted by atomic mass is 32.1. The van der Waals surface area contributed by atoms with Crippen LogP contribution in [0.2, 0.25) is 0 Å². The van der Waals surface area contributed by atoms with Gasteiger partial charge < -0.3 is 5.73 Å². The molecule has 0 aliphatic rings. The van der Waals surface area contributed by atoms with Crippen molar-refractivity contribution in [2.75, 3.05) is 0 Å². The molecule has 1 aromatic heterocycles. The van der Waals surface area contributed by atoms with Crippen LogP contribution >= 0.6 is 11.3 Å². The van der Waals surface area contributed by atoms with E-state index < -0.39 is 6.04 Å². The second-order valence-electron chi connectivity index (χ2n) is 4.19. The summed E-state index contributed by atoms with van der Waals surface area (Å²) in [5.74, 6) is -0.251. The fourth-order valence-electron chi connectivity index (χ4n) is 2.16. The van der Waals surface area contributed by atoms with E-state index in [1.54, 1.807) is 23.5 Å². The molecule has 0 saturated carbocycles. The maximum Gasteiger partial charge on any atom is 0.128 e. The largest absolute Gasteiger partial charge is 0.320 e. The van der Waals surface area contributed by atoms with Gasteiger partial charge in [-0.15, -0.1) is 11.3 Å². The van der Waals surface area contributed by atoms with Crippen molar-refractivity contribution in [1.82, 2.24) is 0 Å². The Bertz CT molecular complexity index is 690. The molecule has 2 N–H and O–H groups in total. The summed E-state index contributed by atoms with van der Waals surface area (Å²) < 4.78 is 14.9. The molecule has 0 bridgehead atoms. The Morgan fingerprint density at radius 1 is 0.944 bits per heavy atom. The van der Waals surface area contributed by atoms with Gasteiger partial charge in [0.15, 0.2) is 0 Å². The minimum atomic E-state index is -0.423. The molecular weight excluding hydrogens is 245 g/mol. The predicted octanol–water partition coefficient (Wildman–Crippen LogP) is 4.09. The summed E-state index contributed by atoms with van der Waals surface area (Å²) in [5.41, 5.74) is 7.73. The molecule has 0 aliphatic carbocycles. The van der Waals surface area contributed by atoms with Crippen molar-refractivity contribution < 1.29 is 4.39 Å². The number of thiophene rings is 1. The van der Waals surface area contributed by atoms with Crippen LogP contribution in [0.4, 0.5) is 4.39 Å². The van der Waals surface area contributed by atoms with Crippen LogP contribution in [-0.2, 0) is 0 Å². The quantitative estimate of drug-likeness (QED) is 0.735. The summed E-state index contributed by atoms with van der Waals surface area (Å²) in [7, 11) is 0. The lowest BCUT2D eigenvalue weighted by molar-refractivity contribution is 0.600. The van der Waals surface area contributed by atoms with Crippen LogP contribution in [-0.4, -0.2) is 0 Å². The molecule has 1 unspecified atom stereocenters. The minimum absolute atomic E-state index is 0.251. The van der Waals surface area contributed by atoms with Gasteiger partial charge >= 0.3 is 0 Å². The molecule has 0 aliphatic heterocycles. The van der Waals surface area contributed by atoms with Gasteiger partial charge in [0.2, 0.25) is 0 Å². The smallest absolute Gasteiger partial charge is 0.128 e. The van der Waals surface area contributed by atoms with Crippen LogP contribution in [0.5, 0.6) is 0 Å². The van der Waals surface area contributed by atoms with E-state index in [0.29, 0.717) is 5.56 Å². The molecule has 3 rings (SSSR count). The summed E-state index contributed by atoms with van der Waals surface area (Å²) >= 11 is 1.64. The average molecular weight is 257 g/mol. The van der Waals surface area contributed by atoms with E-state index in [2.05, 4.69) is 6.07 Å². The first kappa shape index (κ1) is 11.4. The first-order valence-corrected chi connectivity index (χ1v) is 6.61. The monoisotopic (exact) mass is 257 g/mol. The topological polar surface area (TPSA) is 26.0 Å². The van der Waals surface area contributed by atoms with Crippen LogP contribution in [0.1, 0.15) is 17.2 Å². The van der Waals surface area contributed by atoms with Crippen molar-refractivity contribution in [2.24, 2.45) is 5.73 Å². The summed E-state index contributed by atoms with van der Waals surface area (Å²) in [4.78, 5) is 0. The molecule has 2 aromatic carbocycles. The number of rotatable bonds is 2.